The van der Waals surface area contributed by atoms with E-state index in [0.29, 0.717) is 29.7 Å². The number of fused-ring (bicyclic) bond motifs is 1. The Hall–Kier alpha value is -3.17. The van der Waals surface area contributed by atoms with Crippen molar-refractivity contribution in [2.45, 2.75) is 6.04 Å². The Morgan fingerprint density at radius 1 is 1.14 bits per heavy atom. The number of aromatic amines is 1. The molecule has 1 aromatic carbocycles. The zero-order chi connectivity index (χ0) is 20.3. The second-order valence-electron chi connectivity index (χ2n) is 6.75. The molecule has 0 radical (unpaired) electrons. The summed E-state index contributed by atoms with van der Waals surface area (Å²) >= 11 is 0. The number of nitrogens with one attached hydrogen (secondary N) is 2. The Bertz CT molecular complexity index is 928. The van der Waals surface area contributed by atoms with Crippen LogP contribution in [0.25, 0.3) is 10.9 Å². The number of hydrogen-bond acceptors (Lipinski definition) is 5. The van der Waals surface area contributed by atoms with Gasteiger partial charge in [0.15, 0.2) is 0 Å². The Morgan fingerprint density at radius 3 is 2.50 bits per heavy atom. The minimum atomic E-state index is -1.21. The standard InChI is InChI=1S/C19H22N4O5/c1-22-6-8-23(9-7-22)18(19(27)28)14-11-20-15-3-2-12(10-13(14)15)21-16(24)4-5-17(25)26/h2-5,10-11,18,20H,6-9H2,1H3,(H,21,24)(H,25,26)(H,27,28). The highest BCUT2D eigenvalue weighted by Gasteiger charge is 2.31. The highest BCUT2D eigenvalue weighted by Crippen LogP contribution is 2.31. The number of hydrogen-bond donors (Lipinski definition) is 4. The SMILES string of the molecule is CN1CCN(C(C(=O)O)c2c[nH]c3ccc(NC(=O)C=CC(=O)O)cc23)CC1. The van der Waals surface area contributed by atoms with Crippen molar-refractivity contribution in [2.24, 2.45) is 0 Å². The number of benzene rings is 1. The first kappa shape index (κ1) is 19.6. The Morgan fingerprint density at radius 2 is 1.86 bits per heavy atom. The molecule has 2 aromatic rings. The summed E-state index contributed by atoms with van der Waals surface area (Å²) in [7, 11) is 2.01. The summed E-state index contributed by atoms with van der Waals surface area (Å²) in [6.07, 6.45) is 3.37. The first-order valence-corrected chi connectivity index (χ1v) is 8.83. The number of rotatable bonds is 6. The van der Waals surface area contributed by atoms with Gasteiger partial charge in [-0.05, 0) is 25.2 Å². The van der Waals surface area contributed by atoms with E-state index in [4.69, 9.17) is 5.11 Å². The van der Waals surface area contributed by atoms with Crippen LogP contribution in [0.15, 0.2) is 36.5 Å². The third-order valence-electron chi connectivity index (χ3n) is 4.79. The molecule has 148 valence electrons. The van der Waals surface area contributed by atoms with Crippen LogP contribution in [0.1, 0.15) is 11.6 Å². The van der Waals surface area contributed by atoms with Crippen LogP contribution in [0.2, 0.25) is 0 Å². The Kier molecular flexibility index (Phi) is 5.76. The molecule has 0 bridgehead atoms. The van der Waals surface area contributed by atoms with E-state index in [2.05, 4.69) is 15.2 Å². The van der Waals surface area contributed by atoms with Crippen molar-refractivity contribution in [3.8, 4) is 0 Å². The molecule has 0 aliphatic carbocycles. The van der Waals surface area contributed by atoms with E-state index in [1.165, 1.54) is 0 Å². The number of carbonyl (C=O) groups is 3. The molecule has 1 fully saturated rings. The maximum atomic E-state index is 12.0. The second kappa shape index (κ2) is 8.24. The first-order valence-electron chi connectivity index (χ1n) is 8.83. The number of piperazine rings is 1. The largest absolute Gasteiger partial charge is 0.480 e. The summed E-state index contributed by atoms with van der Waals surface area (Å²) in [5.41, 5.74) is 1.84. The van der Waals surface area contributed by atoms with Crippen LogP contribution >= 0.6 is 0 Å². The van der Waals surface area contributed by atoms with E-state index in [-0.39, 0.29) is 0 Å². The van der Waals surface area contributed by atoms with Crippen molar-refractivity contribution in [1.82, 2.24) is 14.8 Å². The number of carboxylic acid groups (broad SMARTS) is 2. The number of H-pyrrole nitrogens is 1. The molecule has 4 N–H and O–H groups in total. The first-order chi connectivity index (χ1) is 13.3. The van der Waals surface area contributed by atoms with Crippen molar-refractivity contribution < 1.29 is 24.6 Å². The molecule has 1 aliphatic heterocycles. The fraction of sp³-hybridized carbons (Fsp3) is 0.316. The summed E-state index contributed by atoms with van der Waals surface area (Å²) < 4.78 is 0. The average Bonchev–Trinajstić information content (AvgIpc) is 3.04. The predicted octanol–water partition coefficient (Wildman–Crippen LogP) is 1.12. The Balaban J connectivity index is 1.89. The highest BCUT2D eigenvalue weighted by atomic mass is 16.4. The number of carbonyl (C=O) groups excluding carboxylic acids is 1. The Labute approximate surface area is 161 Å². The lowest BCUT2D eigenvalue weighted by Crippen LogP contribution is -2.47. The summed E-state index contributed by atoms with van der Waals surface area (Å²) in [6, 6.07) is 4.32. The molecule has 2 heterocycles. The topological polar surface area (TPSA) is 126 Å². The van der Waals surface area contributed by atoms with Crippen molar-refractivity contribution in [3.05, 3.63) is 42.1 Å². The zero-order valence-electron chi connectivity index (χ0n) is 15.4. The van der Waals surface area contributed by atoms with Crippen LogP contribution in [0.5, 0.6) is 0 Å². The van der Waals surface area contributed by atoms with Gasteiger partial charge in [-0.25, -0.2) is 4.79 Å². The fourth-order valence-corrected chi connectivity index (χ4v) is 3.34. The summed E-state index contributed by atoms with van der Waals surface area (Å²) in [5.74, 6) is -2.72. The van der Waals surface area contributed by atoms with Gasteiger partial charge in [-0.15, -0.1) is 0 Å². The number of carboxylic acids is 2. The molecule has 3 rings (SSSR count). The van der Waals surface area contributed by atoms with Crippen molar-refractivity contribution in [3.63, 3.8) is 0 Å². The third kappa shape index (κ3) is 4.38. The quantitative estimate of drug-likeness (QED) is 0.548. The number of anilines is 1. The fourth-order valence-electron chi connectivity index (χ4n) is 3.34. The smallest absolute Gasteiger partial charge is 0.328 e. The molecule has 1 aliphatic rings. The lowest BCUT2D eigenvalue weighted by molar-refractivity contribution is -0.144. The van der Waals surface area contributed by atoms with Gasteiger partial charge in [0.1, 0.15) is 6.04 Å². The van der Waals surface area contributed by atoms with Gasteiger partial charge in [-0.3, -0.25) is 14.5 Å². The monoisotopic (exact) mass is 386 g/mol. The van der Waals surface area contributed by atoms with Crippen molar-refractivity contribution >= 4 is 34.4 Å². The minimum absolute atomic E-state index is 0.455. The number of nitrogens with zero attached hydrogens (tertiary/aromatic N) is 2. The minimum Gasteiger partial charge on any atom is -0.480 e. The van der Waals surface area contributed by atoms with E-state index < -0.39 is 23.9 Å². The van der Waals surface area contributed by atoms with Gasteiger partial charge < -0.3 is 25.4 Å². The molecule has 1 unspecified atom stereocenters. The van der Waals surface area contributed by atoms with Gasteiger partial charge in [-0.1, -0.05) is 0 Å². The van der Waals surface area contributed by atoms with Gasteiger partial charge in [0, 0.05) is 66.7 Å². The van der Waals surface area contributed by atoms with Gasteiger partial charge >= 0.3 is 11.9 Å². The van der Waals surface area contributed by atoms with Crippen molar-refractivity contribution in [2.75, 3.05) is 38.5 Å². The maximum Gasteiger partial charge on any atom is 0.328 e. The van der Waals surface area contributed by atoms with Gasteiger partial charge in [0.25, 0.3) is 0 Å². The van der Waals surface area contributed by atoms with Gasteiger partial charge in [0.2, 0.25) is 5.91 Å². The van der Waals surface area contributed by atoms with Crippen LogP contribution in [0, 0.1) is 0 Å². The molecule has 1 atom stereocenters. The molecular weight excluding hydrogens is 364 g/mol. The van der Waals surface area contributed by atoms with E-state index in [0.717, 1.165) is 30.8 Å². The summed E-state index contributed by atoms with van der Waals surface area (Å²) in [4.78, 5) is 41.5. The molecular formula is C19H22N4O5. The third-order valence-corrected chi connectivity index (χ3v) is 4.79. The molecule has 1 saturated heterocycles. The van der Waals surface area contributed by atoms with E-state index in [1.54, 1.807) is 24.4 Å². The highest BCUT2D eigenvalue weighted by molar-refractivity contribution is 6.03. The summed E-state index contributed by atoms with van der Waals surface area (Å²) in [6.45, 7) is 2.89. The maximum absolute atomic E-state index is 12.0. The predicted molar refractivity (Wildman–Crippen MR) is 103 cm³/mol. The van der Waals surface area contributed by atoms with Gasteiger partial charge in [0.05, 0.1) is 0 Å². The number of aromatic nitrogens is 1. The molecule has 1 amide bonds. The summed E-state index contributed by atoms with van der Waals surface area (Å²) in [5, 5.41) is 21.7. The van der Waals surface area contributed by atoms with Crippen LogP contribution < -0.4 is 5.32 Å². The van der Waals surface area contributed by atoms with Crippen LogP contribution in [-0.4, -0.2) is 76.1 Å². The van der Waals surface area contributed by atoms with Crippen LogP contribution in [0.4, 0.5) is 5.69 Å². The molecule has 0 spiro atoms. The molecule has 9 nitrogen and oxygen atoms in total. The number of aliphatic carboxylic acids is 2. The van der Waals surface area contributed by atoms with Crippen LogP contribution in [-0.2, 0) is 14.4 Å². The zero-order valence-corrected chi connectivity index (χ0v) is 15.4. The lowest BCUT2D eigenvalue weighted by Gasteiger charge is -2.36. The normalized spacial score (nSPS) is 17.0. The number of likely N-dealkylation sites (N-methyl/N-ethyl adjacent to an activating group) is 1. The van der Waals surface area contributed by atoms with E-state index in [9.17, 15) is 19.5 Å². The molecule has 9 heteroatoms. The molecule has 28 heavy (non-hydrogen) atoms. The number of amides is 1. The van der Waals surface area contributed by atoms with E-state index >= 15 is 0 Å². The van der Waals surface area contributed by atoms with Crippen LogP contribution in [0.3, 0.4) is 0 Å². The van der Waals surface area contributed by atoms with E-state index in [1.807, 2.05) is 11.9 Å². The lowest BCUT2D eigenvalue weighted by atomic mass is 10.0. The molecule has 0 saturated carbocycles. The molecule has 1 aromatic heterocycles. The van der Waals surface area contributed by atoms with Gasteiger partial charge in [-0.2, -0.15) is 0 Å². The second-order valence-corrected chi connectivity index (χ2v) is 6.75. The van der Waals surface area contributed by atoms with Crippen molar-refractivity contribution in [1.29, 1.82) is 0 Å². The average molecular weight is 386 g/mol.